The van der Waals surface area contributed by atoms with Gasteiger partial charge < -0.3 is 10.1 Å². The second kappa shape index (κ2) is 5.12. The normalized spacial score (nSPS) is 16.9. The first-order valence-electron chi connectivity index (χ1n) is 6.25. The number of nitrogens with zero attached hydrogens (tertiary/aromatic N) is 1. The van der Waals surface area contributed by atoms with Crippen LogP contribution in [-0.2, 0) is 0 Å². The van der Waals surface area contributed by atoms with Crippen molar-refractivity contribution in [2.45, 2.75) is 18.9 Å². The van der Waals surface area contributed by atoms with Gasteiger partial charge in [0.15, 0.2) is 0 Å². The van der Waals surface area contributed by atoms with Crippen LogP contribution >= 0.6 is 11.6 Å². The molecule has 3 rings (SSSR count). The van der Waals surface area contributed by atoms with Crippen molar-refractivity contribution in [2.75, 3.05) is 13.1 Å². The highest BCUT2D eigenvalue weighted by atomic mass is 35.5. The van der Waals surface area contributed by atoms with Crippen molar-refractivity contribution in [3.8, 4) is 5.75 Å². The number of piperidine rings is 1. The highest BCUT2D eigenvalue weighted by Crippen LogP contribution is 2.29. The quantitative estimate of drug-likeness (QED) is 0.845. The van der Waals surface area contributed by atoms with E-state index in [1.54, 1.807) is 0 Å². The highest BCUT2D eigenvalue weighted by Gasteiger charge is 2.16. The zero-order valence-electron chi connectivity index (χ0n) is 10.0. The average molecular weight is 263 g/mol. The van der Waals surface area contributed by atoms with Crippen LogP contribution in [-0.4, -0.2) is 24.2 Å². The molecule has 2 heterocycles. The van der Waals surface area contributed by atoms with E-state index >= 15 is 0 Å². The Morgan fingerprint density at radius 1 is 1.22 bits per heavy atom. The largest absolute Gasteiger partial charge is 0.490 e. The fraction of sp³-hybridized carbons (Fsp3) is 0.357. The lowest BCUT2D eigenvalue weighted by Gasteiger charge is -2.24. The summed E-state index contributed by atoms with van der Waals surface area (Å²) >= 11 is 6.04. The van der Waals surface area contributed by atoms with Gasteiger partial charge in [-0.2, -0.15) is 0 Å². The molecule has 1 fully saturated rings. The van der Waals surface area contributed by atoms with Crippen molar-refractivity contribution in [3.63, 3.8) is 0 Å². The van der Waals surface area contributed by atoms with Crippen LogP contribution in [0.1, 0.15) is 12.8 Å². The average Bonchev–Trinajstić information content (AvgIpc) is 2.40. The van der Waals surface area contributed by atoms with Crippen LogP contribution in [0.3, 0.4) is 0 Å². The van der Waals surface area contributed by atoms with Crippen LogP contribution in [0.2, 0.25) is 5.15 Å². The van der Waals surface area contributed by atoms with E-state index in [2.05, 4.69) is 10.3 Å². The molecule has 0 amide bonds. The molecule has 1 saturated heterocycles. The first kappa shape index (κ1) is 11.8. The number of para-hydroxylation sites is 1. The van der Waals surface area contributed by atoms with E-state index in [4.69, 9.17) is 16.3 Å². The summed E-state index contributed by atoms with van der Waals surface area (Å²) in [6.45, 7) is 2.03. The van der Waals surface area contributed by atoms with Crippen molar-refractivity contribution in [1.29, 1.82) is 0 Å². The predicted octanol–water partition coefficient (Wildman–Crippen LogP) is 3.02. The SMILES string of the molecule is Clc1cc(OC2CCNCC2)c2ccccc2n1. The van der Waals surface area contributed by atoms with E-state index < -0.39 is 0 Å². The summed E-state index contributed by atoms with van der Waals surface area (Å²) in [5.74, 6) is 0.845. The van der Waals surface area contributed by atoms with Crippen LogP contribution in [0.25, 0.3) is 10.9 Å². The van der Waals surface area contributed by atoms with E-state index in [0.29, 0.717) is 5.15 Å². The molecule has 0 bridgehead atoms. The van der Waals surface area contributed by atoms with Gasteiger partial charge in [0.25, 0.3) is 0 Å². The number of hydrogen-bond acceptors (Lipinski definition) is 3. The number of halogens is 1. The first-order valence-corrected chi connectivity index (χ1v) is 6.63. The molecule has 0 unspecified atom stereocenters. The molecule has 94 valence electrons. The monoisotopic (exact) mass is 262 g/mol. The van der Waals surface area contributed by atoms with E-state index in [-0.39, 0.29) is 6.10 Å². The zero-order chi connectivity index (χ0) is 12.4. The summed E-state index contributed by atoms with van der Waals surface area (Å²) in [4.78, 5) is 4.30. The molecule has 2 aromatic rings. The second-order valence-corrected chi connectivity index (χ2v) is 4.91. The minimum absolute atomic E-state index is 0.271. The van der Waals surface area contributed by atoms with Crippen LogP contribution in [0.5, 0.6) is 5.75 Å². The van der Waals surface area contributed by atoms with Gasteiger partial charge >= 0.3 is 0 Å². The third kappa shape index (κ3) is 2.42. The van der Waals surface area contributed by atoms with Crippen LogP contribution in [0, 0.1) is 0 Å². The van der Waals surface area contributed by atoms with Gasteiger partial charge in [-0.05, 0) is 38.1 Å². The smallest absolute Gasteiger partial charge is 0.133 e. The van der Waals surface area contributed by atoms with Gasteiger partial charge in [-0.15, -0.1) is 0 Å². The van der Waals surface area contributed by atoms with Gasteiger partial charge in [-0.3, -0.25) is 0 Å². The maximum absolute atomic E-state index is 6.08. The maximum atomic E-state index is 6.08. The van der Waals surface area contributed by atoms with Crippen molar-refractivity contribution in [3.05, 3.63) is 35.5 Å². The van der Waals surface area contributed by atoms with E-state index in [1.165, 1.54) is 0 Å². The van der Waals surface area contributed by atoms with E-state index in [9.17, 15) is 0 Å². The molecule has 1 aromatic heterocycles. The van der Waals surface area contributed by atoms with Gasteiger partial charge in [0.05, 0.1) is 5.52 Å². The lowest BCUT2D eigenvalue weighted by Crippen LogP contribution is -2.34. The lowest BCUT2D eigenvalue weighted by molar-refractivity contribution is 0.164. The fourth-order valence-electron chi connectivity index (χ4n) is 2.30. The number of pyridine rings is 1. The van der Waals surface area contributed by atoms with Gasteiger partial charge in [-0.1, -0.05) is 23.7 Å². The van der Waals surface area contributed by atoms with Crippen molar-refractivity contribution in [2.24, 2.45) is 0 Å². The van der Waals surface area contributed by atoms with E-state index in [0.717, 1.165) is 42.6 Å². The Morgan fingerprint density at radius 3 is 2.83 bits per heavy atom. The maximum Gasteiger partial charge on any atom is 0.133 e. The standard InChI is InChI=1S/C14H15ClN2O/c15-14-9-13(18-10-5-7-16-8-6-10)11-3-1-2-4-12(11)17-14/h1-4,9-10,16H,5-8H2. The number of ether oxygens (including phenoxy) is 1. The molecule has 18 heavy (non-hydrogen) atoms. The lowest BCUT2D eigenvalue weighted by atomic mass is 10.1. The molecule has 1 aromatic carbocycles. The summed E-state index contributed by atoms with van der Waals surface area (Å²) in [5, 5.41) is 4.84. The molecule has 1 aliphatic rings. The summed E-state index contributed by atoms with van der Waals surface area (Å²) in [7, 11) is 0. The fourth-order valence-corrected chi connectivity index (χ4v) is 2.49. The summed E-state index contributed by atoms with van der Waals surface area (Å²) in [5.41, 5.74) is 0.883. The molecule has 1 N–H and O–H groups in total. The van der Waals surface area contributed by atoms with Crippen molar-refractivity contribution >= 4 is 22.5 Å². The molecular weight excluding hydrogens is 248 g/mol. The Labute approximate surface area is 111 Å². The molecule has 0 saturated carbocycles. The van der Waals surface area contributed by atoms with Crippen LogP contribution in [0.4, 0.5) is 0 Å². The Hall–Kier alpha value is -1.32. The predicted molar refractivity (Wildman–Crippen MR) is 73.3 cm³/mol. The second-order valence-electron chi connectivity index (χ2n) is 4.53. The Balaban J connectivity index is 1.94. The Bertz CT molecular complexity index is 552. The van der Waals surface area contributed by atoms with Gasteiger partial charge in [-0.25, -0.2) is 4.98 Å². The van der Waals surface area contributed by atoms with Crippen LogP contribution < -0.4 is 10.1 Å². The van der Waals surface area contributed by atoms with Crippen LogP contribution in [0.15, 0.2) is 30.3 Å². The summed E-state index contributed by atoms with van der Waals surface area (Å²) in [6.07, 6.45) is 2.34. The minimum Gasteiger partial charge on any atom is -0.490 e. The molecular formula is C14H15ClN2O. The molecule has 0 atom stereocenters. The topological polar surface area (TPSA) is 34.1 Å². The third-order valence-corrected chi connectivity index (χ3v) is 3.42. The molecule has 0 aliphatic carbocycles. The van der Waals surface area contributed by atoms with Crippen molar-refractivity contribution in [1.82, 2.24) is 10.3 Å². The van der Waals surface area contributed by atoms with E-state index in [1.807, 2.05) is 30.3 Å². The Kier molecular flexibility index (Phi) is 3.35. The molecule has 1 aliphatic heterocycles. The number of aromatic nitrogens is 1. The van der Waals surface area contributed by atoms with Gasteiger partial charge in [0.1, 0.15) is 17.0 Å². The zero-order valence-corrected chi connectivity index (χ0v) is 10.8. The number of rotatable bonds is 2. The minimum atomic E-state index is 0.271. The number of benzene rings is 1. The molecule has 4 heteroatoms. The number of hydrogen-bond donors (Lipinski definition) is 1. The van der Waals surface area contributed by atoms with Gasteiger partial charge in [0, 0.05) is 11.5 Å². The van der Waals surface area contributed by atoms with Crippen molar-refractivity contribution < 1.29 is 4.74 Å². The molecule has 0 spiro atoms. The first-order chi connectivity index (χ1) is 8.83. The highest BCUT2D eigenvalue weighted by molar-refractivity contribution is 6.30. The summed E-state index contributed by atoms with van der Waals surface area (Å²) < 4.78 is 6.08. The number of fused-ring (bicyclic) bond motifs is 1. The molecule has 3 nitrogen and oxygen atoms in total. The summed E-state index contributed by atoms with van der Waals surface area (Å²) in [6, 6.07) is 9.74. The molecule has 0 radical (unpaired) electrons. The Morgan fingerprint density at radius 2 is 2.00 bits per heavy atom. The third-order valence-electron chi connectivity index (χ3n) is 3.23. The number of nitrogens with one attached hydrogen (secondary N) is 1. The van der Waals surface area contributed by atoms with Gasteiger partial charge in [0.2, 0.25) is 0 Å².